The van der Waals surface area contributed by atoms with Crippen molar-refractivity contribution in [1.29, 1.82) is 0 Å². The molecule has 0 aromatic rings. The van der Waals surface area contributed by atoms with E-state index in [2.05, 4.69) is 41.5 Å². The van der Waals surface area contributed by atoms with Gasteiger partial charge in [-0.3, -0.25) is 0 Å². The van der Waals surface area contributed by atoms with Crippen LogP contribution in [-0.4, -0.2) is 13.2 Å². The predicted molar refractivity (Wildman–Crippen MR) is 131 cm³/mol. The first kappa shape index (κ1) is 21.5. The third-order valence-electron chi connectivity index (χ3n) is 12.9. The van der Waals surface area contributed by atoms with Crippen molar-refractivity contribution in [2.45, 2.75) is 118 Å². The van der Waals surface area contributed by atoms with Crippen LogP contribution in [0.1, 0.15) is 114 Å². The molecule has 1 spiro atoms. The average molecular weight is 430 g/mol. The van der Waals surface area contributed by atoms with E-state index in [-0.39, 0.29) is 5.89 Å². The van der Waals surface area contributed by atoms with Crippen molar-refractivity contribution < 1.29 is 6.11 Å². The second-order valence-corrected chi connectivity index (χ2v) is 13.7. The Bertz CT molecular complexity index is 712. The lowest BCUT2D eigenvalue weighted by Crippen LogP contribution is -2.57. The van der Waals surface area contributed by atoms with Crippen molar-refractivity contribution in [2.75, 3.05) is 7.11 Å². The Labute approximate surface area is 195 Å². The molecule has 0 saturated heterocycles. The van der Waals surface area contributed by atoms with E-state index in [1.54, 1.807) is 0 Å². The molecule has 3 unspecified atom stereocenters. The summed E-state index contributed by atoms with van der Waals surface area (Å²) in [5, 5.41) is 0. The first-order chi connectivity index (χ1) is 15.0. The zero-order chi connectivity index (χ0) is 23.1. The maximum Gasteiger partial charge on any atom is 0.0638 e. The molecular formula is C30H52O. The fourth-order valence-electron chi connectivity index (χ4n) is 11.1. The first-order valence-electron chi connectivity index (χ1n) is 14.6. The van der Waals surface area contributed by atoms with Crippen molar-refractivity contribution >= 4 is 0 Å². The van der Waals surface area contributed by atoms with Gasteiger partial charge in [0.1, 0.15) is 0 Å². The Kier molecular flexibility index (Phi) is 5.37. The monoisotopic (exact) mass is 429 g/mol. The second kappa shape index (κ2) is 7.74. The molecule has 1 heteroatoms. The molecule has 5 aliphatic rings. The molecule has 1 nitrogen and oxygen atoms in total. The molecule has 0 bridgehead atoms. The molecule has 0 N–H and O–H groups in total. The topological polar surface area (TPSA) is 9.23 Å². The second-order valence-electron chi connectivity index (χ2n) is 13.7. The summed E-state index contributed by atoms with van der Waals surface area (Å²) in [5.41, 5.74) is 1.65. The van der Waals surface area contributed by atoms with Crippen LogP contribution in [0, 0.1) is 63.6 Å². The van der Waals surface area contributed by atoms with Gasteiger partial charge in [-0.05, 0) is 116 Å². The Hall–Kier alpha value is -0.0400. The number of hydrogen-bond acceptors (Lipinski definition) is 1. The Morgan fingerprint density at radius 1 is 1.00 bits per heavy atom. The highest BCUT2D eigenvalue weighted by Crippen LogP contribution is 2.82. The summed E-state index contributed by atoms with van der Waals surface area (Å²) in [6.45, 7) is 14.5. The smallest absolute Gasteiger partial charge is 0.0638 e. The molecule has 178 valence electrons. The van der Waals surface area contributed by atoms with Crippen LogP contribution in [0.3, 0.4) is 0 Å². The third kappa shape index (κ3) is 3.03. The number of methoxy groups -OCH3 is 1. The highest BCUT2D eigenvalue weighted by Gasteiger charge is 2.77. The molecule has 0 amide bonds. The normalized spacial score (nSPS) is 53.1. The summed E-state index contributed by atoms with van der Waals surface area (Å²) < 4.78 is 14.9. The van der Waals surface area contributed by atoms with E-state index in [1.165, 1.54) is 64.2 Å². The van der Waals surface area contributed by atoms with Gasteiger partial charge in [0.05, 0.1) is 6.10 Å². The minimum Gasteiger partial charge on any atom is -0.381 e. The SMILES string of the molecule is [2H]C(C)(C)[C@H](CC)CC[C@@H](C)[C@H]1CC[C@H]2[C@@H]3CC(OC)C45CC4CC[C@]5(C)[C@H]3CC[C@]12C. The maximum atomic E-state index is 8.55. The number of hydrogen-bond donors (Lipinski definition) is 0. The summed E-state index contributed by atoms with van der Waals surface area (Å²) >= 11 is 0. The van der Waals surface area contributed by atoms with Gasteiger partial charge in [0.2, 0.25) is 0 Å². The van der Waals surface area contributed by atoms with Gasteiger partial charge in [-0.1, -0.05) is 54.4 Å². The quantitative estimate of drug-likeness (QED) is 0.395. The largest absolute Gasteiger partial charge is 0.381 e. The van der Waals surface area contributed by atoms with Crippen LogP contribution in [0.5, 0.6) is 0 Å². The Morgan fingerprint density at radius 2 is 1.77 bits per heavy atom. The number of fused-ring (bicyclic) bond motifs is 4. The van der Waals surface area contributed by atoms with Crippen LogP contribution in [0.4, 0.5) is 0 Å². The van der Waals surface area contributed by atoms with Gasteiger partial charge in [0.25, 0.3) is 0 Å². The minimum absolute atomic E-state index is 0.292. The summed E-state index contributed by atoms with van der Waals surface area (Å²) in [4.78, 5) is 0. The molecular weight excluding hydrogens is 376 g/mol. The summed E-state index contributed by atoms with van der Waals surface area (Å²) in [6, 6.07) is 0. The fraction of sp³-hybridized carbons (Fsp3) is 1.00. The molecule has 0 aliphatic heterocycles. The summed E-state index contributed by atoms with van der Waals surface area (Å²) in [6.07, 6.45) is 15.9. The Balaban J connectivity index is 1.32. The molecule has 11 atom stereocenters. The zero-order valence-electron chi connectivity index (χ0n) is 22.8. The fourth-order valence-corrected chi connectivity index (χ4v) is 11.1. The lowest BCUT2D eigenvalue weighted by Gasteiger charge is -2.61. The molecule has 5 rings (SSSR count). The van der Waals surface area contributed by atoms with E-state index in [0.29, 0.717) is 28.3 Å². The highest BCUT2D eigenvalue weighted by molar-refractivity contribution is 5.26. The van der Waals surface area contributed by atoms with Gasteiger partial charge in [-0.2, -0.15) is 0 Å². The molecule has 0 aromatic heterocycles. The van der Waals surface area contributed by atoms with Crippen molar-refractivity contribution in [3.63, 3.8) is 0 Å². The lowest BCUT2D eigenvalue weighted by atomic mass is 9.45. The van der Waals surface area contributed by atoms with Crippen molar-refractivity contribution in [3.05, 3.63) is 0 Å². The predicted octanol–water partition coefficient (Wildman–Crippen LogP) is 8.37. The van der Waals surface area contributed by atoms with Gasteiger partial charge < -0.3 is 4.74 Å². The van der Waals surface area contributed by atoms with E-state index >= 15 is 0 Å². The van der Waals surface area contributed by atoms with Crippen LogP contribution in [-0.2, 0) is 4.74 Å². The molecule has 5 aliphatic carbocycles. The van der Waals surface area contributed by atoms with Crippen molar-refractivity contribution in [3.8, 4) is 0 Å². The van der Waals surface area contributed by atoms with Gasteiger partial charge in [-0.15, -0.1) is 0 Å². The molecule has 0 aromatic carbocycles. The van der Waals surface area contributed by atoms with Crippen molar-refractivity contribution in [2.24, 2.45) is 63.6 Å². The van der Waals surface area contributed by atoms with E-state index < -0.39 is 0 Å². The highest BCUT2D eigenvalue weighted by atomic mass is 16.5. The average Bonchev–Trinajstić information content (AvgIpc) is 3.23. The summed E-state index contributed by atoms with van der Waals surface area (Å²) in [5.74, 6) is 5.71. The maximum absolute atomic E-state index is 8.55. The summed E-state index contributed by atoms with van der Waals surface area (Å²) in [7, 11) is 2.02. The van der Waals surface area contributed by atoms with Crippen LogP contribution < -0.4 is 0 Å². The van der Waals surface area contributed by atoms with Crippen LogP contribution in [0.25, 0.3) is 0 Å². The first-order valence-corrected chi connectivity index (χ1v) is 14.1. The van der Waals surface area contributed by atoms with Crippen molar-refractivity contribution in [1.82, 2.24) is 0 Å². The van der Waals surface area contributed by atoms with Gasteiger partial charge in [-0.25, -0.2) is 0 Å². The molecule has 0 radical (unpaired) electrons. The Morgan fingerprint density at radius 3 is 2.42 bits per heavy atom. The van der Waals surface area contributed by atoms with Crippen LogP contribution >= 0.6 is 0 Å². The van der Waals surface area contributed by atoms with E-state index in [9.17, 15) is 0 Å². The molecule has 0 heterocycles. The van der Waals surface area contributed by atoms with E-state index in [0.717, 1.165) is 41.9 Å². The molecule has 31 heavy (non-hydrogen) atoms. The minimum atomic E-state index is -0.292. The van der Waals surface area contributed by atoms with Gasteiger partial charge >= 0.3 is 0 Å². The standard InChI is InChI=1S/C30H52O/c1-8-21(19(2)3)10-9-20(4)24-11-12-25-23-17-27(31-7)30-18-22(30)13-16-29(30,6)26(23)14-15-28(24,25)5/h19-27H,8-18H2,1-7H3/t20-,21-,22?,23+,24-,25+,26+,27?,28-,29-,30?/m1/s1/i19D. The van der Waals surface area contributed by atoms with Gasteiger partial charge in [0.15, 0.2) is 0 Å². The zero-order valence-corrected chi connectivity index (χ0v) is 21.8. The lowest BCUT2D eigenvalue weighted by molar-refractivity contribution is -0.161. The van der Waals surface area contributed by atoms with Gasteiger partial charge in [0, 0.05) is 13.9 Å². The van der Waals surface area contributed by atoms with Crippen LogP contribution in [0.2, 0.25) is 0 Å². The van der Waals surface area contributed by atoms with E-state index in [1.807, 2.05) is 7.11 Å². The third-order valence-corrected chi connectivity index (χ3v) is 12.9. The van der Waals surface area contributed by atoms with Crippen LogP contribution in [0.15, 0.2) is 0 Å². The number of rotatable bonds is 7. The van der Waals surface area contributed by atoms with E-state index in [4.69, 9.17) is 6.11 Å². The number of ether oxygens (including phenoxy) is 1. The molecule has 5 fully saturated rings. The molecule has 5 saturated carbocycles.